The molecule has 158 valence electrons. The summed E-state index contributed by atoms with van der Waals surface area (Å²) in [5, 5.41) is 4.03. The number of nitrogens with zero attached hydrogens (tertiary/aromatic N) is 2. The molecule has 0 radical (unpaired) electrons. The van der Waals surface area contributed by atoms with Gasteiger partial charge in [-0.2, -0.15) is 0 Å². The zero-order valence-electron chi connectivity index (χ0n) is 16.5. The Hall–Kier alpha value is -3.61. The van der Waals surface area contributed by atoms with Crippen molar-refractivity contribution in [1.29, 1.82) is 0 Å². The lowest BCUT2D eigenvalue weighted by molar-refractivity contribution is 0.0402. The summed E-state index contributed by atoms with van der Waals surface area (Å²) in [6, 6.07) is 17.6. The maximum Gasteiger partial charge on any atom is 0.257 e. The van der Waals surface area contributed by atoms with Crippen molar-refractivity contribution < 1.29 is 22.8 Å². The first kappa shape index (κ1) is 20.7. The third-order valence-electron chi connectivity index (χ3n) is 4.97. The molecule has 31 heavy (non-hydrogen) atoms. The third kappa shape index (κ3) is 4.94. The molecule has 0 bridgehead atoms. The van der Waals surface area contributed by atoms with Crippen LogP contribution in [0.15, 0.2) is 78.0 Å². The Morgan fingerprint density at radius 3 is 2.45 bits per heavy atom. The molecule has 1 aliphatic rings. The van der Waals surface area contributed by atoms with Gasteiger partial charge in [-0.1, -0.05) is 41.6 Å². The van der Waals surface area contributed by atoms with E-state index in [0.717, 1.165) is 0 Å². The summed E-state index contributed by atoms with van der Waals surface area (Å²) >= 11 is 0. The lowest BCUT2D eigenvalue weighted by atomic mass is 10.0. The predicted molar refractivity (Wildman–Crippen MR) is 110 cm³/mol. The van der Waals surface area contributed by atoms with Crippen LogP contribution in [0.1, 0.15) is 27.9 Å². The fourth-order valence-electron chi connectivity index (χ4n) is 3.49. The summed E-state index contributed by atoms with van der Waals surface area (Å²) in [5.74, 6) is -1.98. The fourth-order valence-corrected chi connectivity index (χ4v) is 3.49. The Morgan fingerprint density at radius 2 is 1.71 bits per heavy atom. The highest BCUT2D eigenvalue weighted by Crippen LogP contribution is 2.21. The van der Waals surface area contributed by atoms with Crippen LogP contribution in [0, 0.1) is 17.5 Å². The molecule has 0 aromatic heterocycles. The van der Waals surface area contributed by atoms with Crippen LogP contribution in [0.3, 0.4) is 0 Å². The van der Waals surface area contributed by atoms with Gasteiger partial charge in [0.05, 0.1) is 17.8 Å². The SMILES string of the molecule is O=C(c1ccccc1F)N(Cc1cccc(F)c1)CC1CC(c2cccc(F)c2)=NO1. The van der Waals surface area contributed by atoms with E-state index in [0.29, 0.717) is 23.3 Å². The molecule has 4 nitrogen and oxygen atoms in total. The lowest BCUT2D eigenvalue weighted by Gasteiger charge is -2.25. The summed E-state index contributed by atoms with van der Waals surface area (Å²) < 4.78 is 41.4. The Labute approximate surface area is 177 Å². The van der Waals surface area contributed by atoms with E-state index >= 15 is 0 Å². The molecule has 1 aliphatic heterocycles. The van der Waals surface area contributed by atoms with Gasteiger partial charge in [0.2, 0.25) is 0 Å². The first-order chi connectivity index (χ1) is 15.0. The number of carbonyl (C=O) groups excluding carboxylic acids is 1. The van der Waals surface area contributed by atoms with Gasteiger partial charge in [-0.05, 0) is 42.0 Å². The normalized spacial score (nSPS) is 15.3. The highest BCUT2D eigenvalue weighted by atomic mass is 19.1. The van der Waals surface area contributed by atoms with Crippen molar-refractivity contribution in [3.63, 3.8) is 0 Å². The van der Waals surface area contributed by atoms with Crippen LogP contribution >= 0.6 is 0 Å². The number of rotatable bonds is 6. The summed E-state index contributed by atoms with van der Waals surface area (Å²) in [4.78, 5) is 20.0. The molecule has 1 amide bonds. The largest absolute Gasteiger partial charge is 0.390 e. The van der Waals surface area contributed by atoms with Crippen LogP contribution in [0.5, 0.6) is 0 Å². The van der Waals surface area contributed by atoms with Gasteiger partial charge in [-0.25, -0.2) is 13.2 Å². The van der Waals surface area contributed by atoms with Crippen molar-refractivity contribution in [1.82, 2.24) is 4.90 Å². The number of hydrogen-bond acceptors (Lipinski definition) is 3. The molecular weight excluding hydrogens is 405 g/mol. The molecule has 3 aromatic rings. The van der Waals surface area contributed by atoms with Crippen molar-refractivity contribution >= 4 is 11.6 Å². The summed E-state index contributed by atoms with van der Waals surface area (Å²) in [6.07, 6.45) is -0.143. The van der Waals surface area contributed by atoms with E-state index < -0.39 is 23.6 Å². The highest BCUT2D eigenvalue weighted by Gasteiger charge is 2.28. The summed E-state index contributed by atoms with van der Waals surface area (Å²) in [6.45, 7) is 0.173. The quantitative estimate of drug-likeness (QED) is 0.563. The van der Waals surface area contributed by atoms with Crippen LogP contribution in [-0.2, 0) is 11.4 Å². The fraction of sp³-hybridized carbons (Fsp3) is 0.167. The number of carbonyl (C=O) groups is 1. The van der Waals surface area contributed by atoms with E-state index in [1.165, 1.54) is 47.4 Å². The molecular formula is C24H19F3N2O2. The second-order valence-electron chi connectivity index (χ2n) is 7.28. The molecule has 0 fully saturated rings. The van der Waals surface area contributed by atoms with Gasteiger partial charge in [-0.3, -0.25) is 4.79 Å². The standard InChI is InChI=1S/C24H19F3N2O2/c25-18-7-3-5-16(11-18)14-29(24(30)21-9-1-2-10-22(21)27)15-20-13-23(28-31-20)17-6-4-8-19(26)12-17/h1-12,20H,13-15H2. The number of benzene rings is 3. The summed E-state index contributed by atoms with van der Waals surface area (Å²) in [7, 11) is 0. The molecule has 0 saturated heterocycles. The number of halogens is 3. The highest BCUT2D eigenvalue weighted by molar-refractivity contribution is 6.01. The van der Waals surface area contributed by atoms with Crippen LogP contribution in [-0.4, -0.2) is 29.2 Å². The molecule has 0 saturated carbocycles. The van der Waals surface area contributed by atoms with Crippen LogP contribution in [0.4, 0.5) is 13.2 Å². The molecule has 3 aromatic carbocycles. The van der Waals surface area contributed by atoms with E-state index in [9.17, 15) is 18.0 Å². The van der Waals surface area contributed by atoms with Crippen molar-refractivity contribution in [2.75, 3.05) is 6.54 Å². The molecule has 1 atom stereocenters. The topological polar surface area (TPSA) is 41.9 Å². The van der Waals surface area contributed by atoms with Gasteiger partial charge in [0, 0.05) is 18.5 Å². The first-order valence-corrected chi connectivity index (χ1v) is 9.76. The number of amides is 1. The molecule has 1 unspecified atom stereocenters. The van der Waals surface area contributed by atoms with Gasteiger partial charge >= 0.3 is 0 Å². The van der Waals surface area contributed by atoms with E-state index in [1.54, 1.807) is 30.3 Å². The molecule has 0 N–H and O–H groups in total. The van der Waals surface area contributed by atoms with E-state index in [4.69, 9.17) is 4.84 Å². The Kier molecular flexibility index (Phi) is 6.02. The van der Waals surface area contributed by atoms with Crippen LogP contribution in [0.2, 0.25) is 0 Å². The smallest absolute Gasteiger partial charge is 0.257 e. The summed E-state index contributed by atoms with van der Waals surface area (Å²) in [5.41, 5.74) is 1.64. The zero-order chi connectivity index (χ0) is 21.8. The Bertz CT molecular complexity index is 1130. The maximum absolute atomic E-state index is 14.2. The van der Waals surface area contributed by atoms with E-state index in [2.05, 4.69) is 5.16 Å². The van der Waals surface area contributed by atoms with E-state index in [1.807, 2.05) is 0 Å². The van der Waals surface area contributed by atoms with Gasteiger partial charge < -0.3 is 9.74 Å². The average molecular weight is 424 g/mol. The van der Waals surface area contributed by atoms with Crippen molar-refractivity contribution in [3.8, 4) is 0 Å². The Balaban J connectivity index is 1.53. The second kappa shape index (κ2) is 9.04. The Morgan fingerprint density at radius 1 is 0.968 bits per heavy atom. The molecule has 1 heterocycles. The van der Waals surface area contributed by atoms with Crippen molar-refractivity contribution in [2.45, 2.75) is 19.1 Å². The second-order valence-corrected chi connectivity index (χ2v) is 7.28. The molecule has 0 aliphatic carbocycles. The van der Waals surface area contributed by atoms with Crippen molar-refractivity contribution in [3.05, 3.63) is 107 Å². The third-order valence-corrected chi connectivity index (χ3v) is 4.97. The van der Waals surface area contributed by atoms with Crippen LogP contribution < -0.4 is 0 Å². The minimum Gasteiger partial charge on any atom is -0.390 e. The van der Waals surface area contributed by atoms with Crippen molar-refractivity contribution in [2.24, 2.45) is 5.16 Å². The molecule has 0 spiro atoms. The van der Waals surface area contributed by atoms with Gasteiger partial charge in [0.1, 0.15) is 17.5 Å². The lowest BCUT2D eigenvalue weighted by Crippen LogP contribution is -2.37. The van der Waals surface area contributed by atoms with Gasteiger partial charge in [0.15, 0.2) is 6.10 Å². The minimum atomic E-state index is -0.638. The van der Waals surface area contributed by atoms with E-state index in [-0.39, 0.29) is 24.5 Å². The first-order valence-electron chi connectivity index (χ1n) is 9.76. The zero-order valence-corrected chi connectivity index (χ0v) is 16.5. The molecule has 7 heteroatoms. The molecule has 4 rings (SSSR count). The van der Waals surface area contributed by atoms with Crippen LogP contribution in [0.25, 0.3) is 0 Å². The minimum absolute atomic E-state index is 0.0695. The number of oxime groups is 1. The number of hydrogen-bond donors (Lipinski definition) is 0. The van der Waals surface area contributed by atoms with Gasteiger partial charge in [-0.15, -0.1) is 0 Å². The monoisotopic (exact) mass is 424 g/mol. The average Bonchev–Trinajstić information content (AvgIpc) is 3.22. The predicted octanol–water partition coefficient (Wildman–Crippen LogP) is 4.94. The maximum atomic E-state index is 14.2. The van der Waals surface area contributed by atoms with Gasteiger partial charge in [0.25, 0.3) is 5.91 Å².